The summed E-state index contributed by atoms with van der Waals surface area (Å²) in [5.74, 6) is -0.583. The summed E-state index contributed by atoms with van der Waals surface area (Å²) in [6.07, 6.45) is 15.3. The van der Waals surface area contributed by atoms with E-state index in [-0.39, 0.29) is 41.1 Å². The quantitative estimate of drug-likeness (QED) is 0.200. The Kier molecular flexibility index (Phi) is 9.55. The molecule has 6 aliphatic rings. The van der Waals surface area contributed by atoms with Crippen LogP contribution in [0.25, 0.3) is 0 Å². The van der Waals surface area contributed by atoms with Crippen LogP contribution in [0.1, 0.15) is 111 Å². The van der Waals surface area contributed by atoms with Crippen molar-refractivity contribution in [3.63, 3.8) is 0 Å². The lowest BCUT2D eigenvalue weighted by Gasteiger charge is -2.38. The molecule has 5 amide bonds. The van der Waals surface area contributed by atoms with Crippen molar-refractivity contribution in [2.75, 3.05) is 6.54 Å². The first kappa shape index (κ1) is 33.0. The summed E-state index contributed by atoms with van der Waals surface area (Å²) in [4.78, 5) is 68.8. The van der Waals surface area contributed by atoms with Crippen molar-refractivity contribution < 1.29 is 24.0 Å². The van der Waals surface area contributed by atoms with Crippen LogP contribution in [0.2, 0.25) is 0 Å². The standard InChI is InChI=1S/C36H55N5O5/c1-20(2)26-12-13-41(30(26)33(44)38-28(31(42)32(37)43)15-22-8-7-9-22)34(45)29(23-10-5-4-6-11-23)39-35(46)40-36-17-21(3)14-24-16-25(18-36)27(24)19-36/h14,20-23,25-30H,4-13,15-19H2,1-3H3,(H2,37,43)(H,38,44)(H2,39,40,46)/t21?,25?,26-,27?,28?,29+,30+,36?/m1/s1. The van der Waals surface area contributed by atoms with E-state index in [4.69, 9.17) is 5.73 Å². The maximum absolute atomic E-state index is 14.6. The van der Waals surface area contributed by atoms with Gasteiger partial charge in [0.1, 0.15) is 12.1 Å². The Hall–Kier alpha value is -2.91. The van der Waals surface area contributed by atoms with Gasteiger partial charge in [-0.25, -0.2) is 4.79 Å². The molecule has 5 unspecified atom stereocenters. The fraction of sp³-hybridized carbons (Fsp3) is 0.806. The van der Waals surface area contributed by atoms with Gasteiger partial charge in [-0.1, -0.05) is 70.9 Å². The number of hydrogen-bond donors (Lipinski definition) is 4. The Morgan fingerprint density at radius 1 is 0.957 bits per heavy atom. The van der Waals surface area contributed by atoms with E-state index in [1.54, 1.807) is 10.5 Å². The van der Waals surface area contributed by atoms with Crippen LogP contribution < -0.4 is 21.7 Å². The van der Waals surface area contributed by atoms with E-state index in [2.05, 4.69) is 29.0 Å². The van der Waals surface area contributed by atoms with Gasteiger partial charge in [0.25, 0.3) is 5.91 Å². The van der Waals surface area contributed by atoms with E-state index < -0.39 is 35.7 Å². The van der Waals surface area contributed by atoms with Gasteiger partial charge in [0.05, 0.1) is 6.04 Å². The predicted molar refractivity (Wildman–Crippen MR) is 174 cm³/mol. The normalized spacial score (nSPS) is 33.6. The zero-order valence-corrected chi connectivity index (χ0v) is 28.0. The molecule has 1 heterocycles. The molecule has 0 spiro atoms. The van der Waals surface area contributed by atoms with Crippen molar-refractivity contribution in [3.05, 3.63) is 11.6 Å². The van der Waals surface area contributed by atoms with E-state index in [1.807, 2.05) is 13.8 Å². The highest BCUT2D eigenvalue weighted by Crippen LogP contribution is 2.58. The van der Waals surface area contributed by atoms with Gasteiger partial charge in [0.15, 0.2) is 0 Å². The molecule has 2 bridgehead atoms. The average Bonchev–Trinajstić information content (AvgIpc) is 3.52. The first-order valence-corrected chi connectivity index (χ1v) is 18.2. The number of ketones is 1. The Morgan fingerprint density at radius 2 is 1.70 bits per heavy atom. The van der Waals surface area contributed by atoms with Gasteiger partial charge >= 0.3 is 6.03 Å². The maximum atomic E-state index is 14.6. The van der Waals surface area contributed by atoms with Crippen LogP contribution in [0.15, 0.2) is 11.6 Å². The van der Waals surface area contributed by atoms with Crippen LogP contribution in [0.5, 0.6) is 0 Å². The third-order valence-corrected chi connectivity index (χ3v) is 12.6. The Morgan fingerprint density at radius 3 is 2.35 bits per heavy atom. The van der Waals surface area contributed by atoms with E-state index in [9.17, 15) is 24.0 Å². The first-order valence-electron chi connectivity index (χ1n) is 18.2. The second kappa shape index (κ2) is 13.3. The molecule has 4 saturated carbocycles. The van der Waals surface area contributed by atoms with Gasteiger partial charge in [-0.3, -0.25) is 19.2 Å². The number of allylic oxidation sites excluding steroid dienone is 2. The second-order valence-corrected chi connectivity index (χ2v) is 16.2. The molecule has 0 radical (unpaired) electrons. The monoisotopic (exact) mass is 637 g/mol. The van der Waals surface area contributed by atoms with E-state index in [1.165, 1.54) is 0 Å². The van der Waals surface area contributed by atoms with E-state index >= 15 is 0 Å². The average molecular weight is 638 g/mol. The molecule has 1 saturated heterocycles. The number of primary amides is 1. The molecule has 5 N–H and O–H groups in total. The Labute approximate surface area is 273 Å². The van der Waals surface area contributed by atoms with E-state index in [0.717, 1.165) is 77.0 Å². The van der Waals surface area contributed by atoms with Gasteiger partial charge in [-0.05, 0) is 92.8 Å². The minimum Gasteiger partial charge on any atom is -0.363 e. The number of carbonyl (C=O) groups is 5. The van der Waals surface area contributed by atoms with Gasteiger partial charge in [-0.2, -0.15) is 0 Å². The number of urea groups is 1. The maximum Gasteiger partial charge on any atom is 0.315 e. The minimum atomic E-state index is -1.05. The van der Waals surface area contributed by atoms with Gasteiger partial charge in [0.2, 0.25) is 17.6 Å². The van der Waals surface area contributed by atoms with Crippen molar-refractivity contribution in [2.24, 2.45) is 47.2 Å². The van der Waals surface area contributed by atoms with Crippen molar-refractivity contribution in [1.82, 2.24) is 20.9 Å². The van der Waals surface area contributed by atoms with Crippen LogP contribution in [0, 0.1) is 41.4 Å². The van der Waals surface area contributed by atoms with Crippen molar-refractivity contribution in [3.8, 4) is 0 Å². The Bertz CT molecular complexity index is 1260. The molecule has 6 rings (SSSR count). The van der Waals surface area contributed by atoms with Crippen LogP contribution >= 0.6 is 0 Å². The lowest BCUT2D eigenvalue weighted by Crippen LogP contribution is -2.61. The topological polar surface area (TPSA) is 151 Å². The molecule has 0 aromatic rings. The summed E-state index contributed by atoms with van der Waals surface area (Å²) in [7, 11) is 0. The molecule has 5 aliphatic carbocycles. The number of likely N-dealkylation sites (tertiary alicyclic amines) is 1. The summed E-state index contributed by atoms with van der Waals surface area (Å²) < 4.78 is 0. The zero-order valence-electron chi connectivity index (χ0n) is 28.0. The van der Waals surface area contributed by atoms with E-state index in [0.29, 0.717) is 37.1 Å². The highest BCUT2D eigenvalue weighted by Gasteiger charge is 2.54. The molecular weight excluding hydrogens is 582 g/mol. The minimum absolute atomic E-state index is 0.00444. The SMILES string of the molecule is CC1C=C2CC3CC(NC(=O)N[C@H](C(=O)N4CC[C@H](C(C)C)[C@H]4C(=O)NC(CC4CCC4)C(=O)C(N)=O)C4CCCCC4)(C1)CC23. The summed E-state index contributed by atoms with van der Waals surface area (Å²) in [6, 6.07) is -2.79. The van der Waals surface area contributed by atoms with Crippen LogP contribution in [0.3, 0.4) is 0 Å². The fourth-order valence-corrected chi connectivity index (χ4v) is 10.1. The first-order chi connectivity index (χ1) is 21.9. The lowest BCUT2D eigenvalue weighted by atomic mass is 9.70. The van der Waals surface area contributed by atoms with Gasteiger partial charge in [0, 0.05) is 12.1 Å². The Balaban J connectivity index is 1.20. The van der Waals surface area contributed by atoms with Crippen LogP contribution in [-0.2, 0) is 19.2 Å². The summed E-state index contributed by atoms with van der Waals surface area (Å²) in [5, 5.41) is 9.43. The molecule has 8 atom stereocenters. The number of nitrogens with one attached hydrogen (secondary N) is 3. The number of amides is 5. The largest absolute Gasteiger partial charge is 0.363 e. The number of nitrogens with zero attached hydrogens (tertiary/aromatic N) is 1. The smallest absolute Gasteiger partial charge is 0.315 e. The van der Waals surface area contributed by atoms with Gasteiger partial charge < -0.3 is 26.6 Å². The third-order valence-electron chi connectivity index (χ3n) is 12.6. The molecule has 0 aromatic carbocycles. The van der Waals surface area contributed by atoms with Crippen molar-refractivity contribution in [2.45, 2.75) is 134 Å². The lowest BCUT2D eigenvalue weighted by molar-refractivity contribution is -0.144. The second-order valence-electron chi connectivity index (χ2n) is 16.2. The molecule has 1 aliphatic heterocycles. The van der Waals surface area contributed by atoms with Crippen LogP contribution in [-0.4, -0.2) is 64.6 Å². The van der Waals surface area contributed by atoms with Crippen molar-refractivity contribution in [1.29, 1.82) is 0 Å². The molecular formula is C36H55N5O5. The molecule has 46 heavy (non-hydrogen) atoms. The van der Waals surface area contributed by atoms with Crippen LogP contribution in [0.4, 0.5) is 4.79 Å². The molecule has 10 nitrogen and oxygen atoms in total. The molecule has 10 heteroatoms. The molecule has 0 aromatic heterocycles. The fourth-order valence-electron chi connectivity index (χ4n) is 10.1. The number of rotatable bonds is 11. The van der Waals surface area contributed by atoms with Crippen molar-refractivity contribution >= 4 is 29.5 Å². The zero-order chi connectivity index (χ0) is 32.7. The summed E-state index contributed by atoms with van der Waals surface area (Å²) in [6.45, 7) is 6.73. The highest BCUT2D eigenvalue weighted by molar-refractivity contribution is 6.37. The highest BCUT2D eigenvalue weighted by atomic mass is 16.2. The number of nitrogens with two attached hydrogens (primary N) is 1. The van der Waals surface area contributed by atoms with Gasteiger partial charge in [-0.15, -0.1) is 0 Å². The summed E-state index contributed by atoms with van der Waals surface area (Å²) in [5.41, 5.74) is 6.68. The third kappa shape index (κ3) is 6.59. The number of hydrogen-bond acceptors (Lipinski definition) is 5. The molecule has 5 fully saturated rings. The number of carbonyl (C=O) groups excluding carboxylic acids is 5. The predicted octanol–water partition coefficient (Wildman–Crippen LogP) is 3.97. The summed E-state index contributed by atoms with van der Waals surface area (Å²) >= 11 is 0. The molecule has 254 valence electrons. The number of Topliss-reactive ketones (excluding diaryl/α,β-unsaturated/α-hetero) is 1. The number of fused-ring (bicyclic) bond motifs is 1.